The molecule has 2 aromatic carbocycles. The van der Waals surface area contributed by atoms with E-state index < -0.39 is 0 Å². The maximum Gasteiger partial charge on any atom is 0.130 e. The van der Waals surface area contributed by atoms with Gasteiger partial charge < -0.3 is 10.1 Å². The van der Waals surface area contributed by atoms with Crippen molar-refractivity contribution in [3.63, 3.8) is 0 Å². The zero-order valence-corrected chi connectivity index (χ0v) is 11.2. The maximum atomic E-state index is 13.6. The first-order valence-corrected chi connectivity index (χ1v) is 6.42. The molecule has 0 spiro atoms. The molecule has 0 heterocycles. The molecule has 0 saturated carbocycles. The van der Waals surface area contributed by atoms with Crippen LogP contribution < -0.4 is 10.1 Å². The van der Waals surface area contributed by atoms with Gasteiger partial charge in [0.05, 0.1) is 0 Å². The molecule has 0 radical (unpaired) electrons. The Morgan fingerprint density at radius 1 is 1.16 bits per heavy atom. The average molecular weight is 259 g/mol. The second-order valence-corrected chi connectivity index (χ2v) is 4.44. The van der Waals surface area contributed by atoms with E-state index >= 15 is 0 Å². The Bertz CT molecular complexity index is 554. The van der Waals surface area contributed by atoms with Crippen molar-refractivity contribution in [3.8, 4) is 11.5 Å². The molecule has 0 aromatic heterocycles. The zero-order chi connectivity index (χ0) is 13.7. The molecule has 0 saturated heterocycles. The Kier molecular flexibility index (Phi) is 4.53. The van der Waals surface area contributed by atoms with Crippen molar-refractivity contribution in [2.24, 2.45) is 0 Å². The van der Waals surface area contributed by atoms with Gasteiger partial charge in [-0.2, -0.15) is 0 Å². The first-order chi connectivity index (χ1) is 9.19. The molecule has 2 aromatic rings. The third-order valence-electron chi connectivity index (χ3n) is 2.83. The van der Waals surface area contributed by atoms with E-state index in [1.54, 1.807) is 0 Å². The minimum absolute atomic E-state index is 0.279. The number of rotatable bonds is 5. The van der Waals surface area contributed by atoms with Crippen LogP contribution in [0.5, 0.6) is 11.5 Å². The summed E-state index contributed by atoms with van der Waals surface area (Å²) in [5, 5.41) is 3.17. The van der Waals surface area contributed by atoms with E-state index in [0.717, 1.165) is 23.4 Å². The van der Waals surface area contributed by atoms with Crippen LogP contribution in [-0.4, -0.2) is 6.54 Å². The van der Waals surface area contributed by atoms with Crippen LogP contribution in [0.15, 0.2) is 42.5 Å². The summed E-state index contributed by atoms with van der Waals surface area (Å²) in [7, 11) is 0. The smallest absolute Gasteiger partial charge is 0.130 e. The lowest BCUT2D eigenvalue weighted by Gasteiger charge is -2.10. The fourth-order valence-electron chi connectivity index (χ4n) is 1.85. The summed E-state index contributed by atoms with van der Waals surface area (Å²) >= 11 is 0. The molecule has 0 amide bonds. The number of hydrogen-bond donors (Lipinski definition) is 1. The Hall–Kier alpha value is -1.87. The number of para-hydroxylation sites is 1. The van der Waals surface area contributed by atoms with E-state index in [0.29, 0.717) is 12.3 Å². The molecule has 0 bridgehead atoms. The highest BCUT2D eigenvalue weighted by molar-refractivity contribution is 5.38. The van der Waals surface area contributed by atoms with Crippen molar-refractivity contribution in [3.05, 3.63) is 59.4 Å². The van der Waals surface area contributed by atoms with E-state index in [4.69, 9.17) is 4.74 Å². The fourth-order valence-corrected chi connectivity index (χ4v) is 1.85. The Balaban J connectivity index is 2.20. The summed E-state index contributed by atoms with van der Waals surface area (Å²) in [6.07, 6.45) is 0. The molecule has 2 nitrogen and oxygen atoms in total. The summed E-state index contributed by atoms with van der Waals surface area (Å²) in [5.41, 5.74) is 1.91. The first-order valence-electron chi connectivity index (χ1n) is 6.42. The van der Waals surface area contributed by atoms with Crippen LogP contribution >= 0.6 is 0 Å². The van der Waals surface area contributed by atoms with Gasteiger partial charge in [-0.1, -0.05) is 25.1 Å². The molecule has 1 N–H and O–H groups in total. The molecule has 0 atom stereocenters. The number of ether oxygens (including phenoxy) is 1. The van der Waals surface area contributed by atoms with Gasteiger partial charge in [-0.3, -0.25) is 0 Å². The number of hydrogen-bond acceptors (Lipinski definition) is 2. The summed E-state index contributed by atoms with van der Waals surface area (Å²) < 4.78 is 19.3. The first kappa shape index (κ1) is 13.6. The second-order valence-electron chi connectivity index (χ2n) is 4.44. The van der Waals surface area contributed by atoms with Gasteiger partial charge in [0, 0.05) is 12.6 Å². The molecule has 0 aliphatic rings. The van der Waals surface area contributed by atoms with Gasteiger partial charge in [-0.25, -0.2) is 4.39 Å². The molecule has 0 unspecified atom stereocenters. The van der Waals surface area contributed by atoms with Crippen molar-refractivity contribution in [1.82, 2.24) is 5.32 Å². The lowest BCUT2D eigenvalue weighted by molar-refractivity contribution is 0.471. The van der Waals surface area contributed by atoms with E-state index in [2.05, 4.69) is 5.32 Å². The third kappa shape index (κ3) is 3.80. The SMILES string of the molecule is CCNCc1cc(F)cc(Oc2ccccc2C)c1. The summed E-state index contributed by atoms with van der Waals surface area (Å²) in [5.74, 6) is 1.00. The summed E-state index contributed by atoms with van der Waals surface area (Å²) in [6, 6.07) is 12.5. The van der Waals surface area contributed by atoms with Crippen molar-refractivity contribution in [2.75, 3.05) is 6.54 Å². The lowest BCUT2D eigenvalue weighted by Crippen LogP contribution is -2.11. The largest absolute Gasteiger partial charge is 0.457 e. The maximum absolute atomic E-state index is 13.6. The van der Waals surface area contributed by atoms with Gasteiger partial charge in [0.25, 0.3) is 0 Å². The third-order valence-corrected chi connectivity index (χ3v) is 2.83. The van der Waals surface area contributed by atoms with Gasteiger partial charge in [0.2, 0.25) is 0 Å². The molecule has 100 valence electrons. The van der Waals surface area contributed by atoms with Crippen molar-refractivity contribution in [2.45, 2.75) is 20.4 Å². The predicted molar refractivity (Wildman–Crippen MR) is 75.0 cm³/mol. The number of nitrogens with one attached hydrogen (secondary N) is 1. The monoisotopic (exact) mass is 259 g/mol. The summed E-state index contributed by atoms with van der Waals surface area (Å²) in [4.78, 5) is 0. The quantitative estimate of drug-likeness (QED) is 0.875. The predicted octanol–water partition coefficient (Wildman–Crippen LogP) is 4.04. The van der Waals surface area contributed by atoms with Crippen molar-refractivity contribution >= 4 is 0 Å². The standard InChI is InChI=1S/C16H18FNO/c1-3-18-11-13-8-14(17)10-15(9-13)19-16-7-5-4-6-12(16)2/h4-10,18H,3,11H2,1-2H3. The van der Waals surface area contributed by atoms with Crippen molar-refractivity contribution < 1.29 is 9.13 Å². The Morgan fingerprint density at radius 2 is 1.95 bits per heavy atom. The van der Waals surface area contributed by atoms with Crippen LogP contribution in [0.25, 0.3) is 0 Å². The molecule has 3 heteroatoms. The summed E-state index contributed by atoms with van der Waals surface area (Å²) in [6.45, 7) is 5.47. The van der Waals surface area contributed by atoms with E-state index in [1.165, 1.54) is 12.1 Å². The van der Waals surface area contributed by atoms with E-state index in [9.17, 15) is 4.39 Å². The molecular formula is C16H18FNO. The van der Waals surface area contributed by atoms with Gasteiger partial charge in [0.15, 0.2) is 0 Å². The van der Waals surface area contributed by atoms with Gasteiger partial charge in [0.1, 0.15) is 17.3 Å². The second kappa shape index (κ2) is 6.34. The minimum Gasteiger partial charge on any atom is -0.457 e. The van der Waals surface area contributed by atoms with Gasteiger partial charge >= 0.3 is 0 Å². The van der Waals surface area contributed by atoms with Crippen LogP contribution in [0.1, 0.15) is 18.1 Å². The van der Waals surface area contributed by atoms with Crippen LogP contribution in [0.4, 0.5) is 4.39 Å². The number of benzene rings is 2. The molecular weight excluding hydrogens is 241 g/mol. The number of halogens is 1. The van der Waals surface area contributed by atoms with E-state index in [1.807, 2.05) is 44.2 Å². The molecule has 0 fully saturated rings. The molecule has 0 aliphatic carbocycles. The fraction of sp³-hybridized carbons (Fsp3) is 0.250. The highest BCUT2D eigenvalue weighted by Crippen LogP contribution is 2.26. The highest BCUT2D eigenvalue weighted by Gasteiger charge is 2.04. The van der Waals surface area contributed by atoms with Gasteiger partial charge in [-0.05, 0) is 42.8 Å². The number of aryl methyl sites for hydroxylation is 1. The van der Waals surface area contributed by atoms with Gasteiger partial charge in [-0.15, -0.1) is 0 Å². The Labute approximate surface area is 113 Å². The average Bonchev–Trinajstić information content (AvgIpc) is 2.38. The van der Waals surface area contributed by atoms with Crippen LogP contribution in [0, 0.1) is 12.7 Å². The normalized spacial score (nSPS) is 10.5. The van der Waals surface area contributed by atoms with Crippen LogP contribution in [0.2, 0.25) is 0 Å². The van der Waals surface area contributed by atoms with Crippen molar-refractivity contribution in [1.29, 1.82) is 0 Å². The molecule has 19 heavy (non-hydrogen) atoms. The zero-order valence-electron chi connectivity index (χ0n) is 11.2. The highest BCUT2D eigenvalue weighted by atomic mass is 19.1. The van der Waals surface area contributed by atoms with Crippen LogP contribution in [-0.2, 0) is 6.54 Å². The topological polar surface area (TPSA) is 21.3 Å². The van der Waals surface area contributed by atoms with Crippen LogP contribution in [0.3, 0.4) is 0 Å². The minimum atomic E-state index is -0.279. The van der Waals surface area contributed by atoms with E-state index in [-0.39, 0.29) is 5.82 Å². The lowest BCUT2D eigenvalue weighted by atomic mass is 10.2. The molecule has 2 rings (SSSR count). The Morgan fingerprint density at radius 3 is 2.68 bits per heavy atom. The molecule has 0 aliphatic heterocycles.